The van der Waals surface area contributed by atoms with Gasteiger partial charge in [-0.2, -0.15) is 0 Å². The van der Waals surface area contributed by atoms with Gasteiger partial charge in [0.2, 0.25) is 0 Å². The second kappa shape index (κ2) is 6.02. The molecule has 128 valence electrons. The van der Waals surface area contributed by atoms with Crippen molar-refractivity contribution in [2.24, 2.45) is 0 Å². The molecular formula is C21H17BrN4. The van der Waals surface area contributed by atoms with Gasteiger partial charge in [-0.25, -0.2) is 15.0 Å². The van der Waals surface area contributed by atoms with Crippen LogP contribution in [0.4, 0.5) is 0 Å². The Morgan fingerprint density at radius 1 is 1.00 bits per heavy atom. The van der Waals surface area contributed by atoms with Crippen LogP contribution < -0.4 is 0 Å². The van der Waals surface area contributed by atoms with Gasteiger partial charge in [-0.3, -0.25) is 0 Å². The van der Waals surface area contributed by atoms with Crippen LogP contribution in [0.5, 0.6) is 0 Å². The lowest BCUT2D eigenvalue weighted by Crippen LogP contribution is -2.02. The fraction of sp³-hybridized carbons (Fsp3) is 0.190. The largest absolute Gasteiger partial charge is 0.326 e. The average Bonchev–Trinajstić information content (AvgIpc) is 3.18. The summed E-state index contributed by atoms with van der Waals surface area (Å²) in [6, 6.07) is 14.6. The molecule has 1 aliphatic rings. The smallest absolute Gasteiger partial charge is 0.140 e. The Labute approximate surface area is 160 Å². The molecule has 0 saturated heterocycles. The molecule has 4 aromatic rings. The number of nitrogens with zero attached hydrogens (tertiary/aromatic N) is 4. The van der Waals surface area contributed by atoms with Crippen LogP contribution in [0.3, 0.4) is 0 Å². The van der Waals surface area contributed by atoms with Crippen LogP contribution in [0.25, 0.3) is 22.3 Å². The highest BCUT2D eigenvalue weighted by molar-refractivity contribution is 9.10. The van der Waals surface area contributed by atoms with Crippen LogP contribution in [0.2, 0.25) is 0 Å². The number of aryl methyl sites for hydroxylation is 3. The number of rotatable bonds is 3. The molecule has 0 atom stereocenters. The van der Waals surface area contributed by atoms with Gasteiger partial charge in [-0.15, -0.1) is 0 Å². The van der Waals surface area contributed by atoms with Gasteiger partial charge in [0, 0.05) is 40.3 Å². The average molecular weight is 405 g/mol. The molecule has 0 unspecified atom stereocenters. The number of para-hydroxylation sites is 1. The van der Waals surface area contributed by atoms with Crippen molar-refractivity contribution in [3.63, 3.8) is 0 Å². The van der Waals surface area contributed by atoms with Gasteiger partial charge in [0.25, 0.3) is 0 Å². The summed E-state index contributed by atoms with van der Waals surface area (Å²) in [7, 11) is 0. The van der Waals surface area contributed by atoms with E-state index in [1.807, 2.05) is 19.1 Å². The van der Waals surface area contributed by atoms with Gasteiger partial charge in [-0.1, -0.05) is 36.4 Å². The van der Waals surface area contributed by atoms with E-state index in [9.17, 15) is 0 Å². The quantitative estimate of drug-likeness (QED) is 0.437. The van der Waals surface area contributed by atoms with Gasteiger partial charge in [0.15, 0.2) is 0 Å². The maximum absolute atomic E-state index is 4.85. The highest BCUT2D eigenvalue weighted by Gasteiger charge is 2.20. The number of imidazole rings is 1. The van der Waals surface area contributed by atoms with Crippen molar-refractivity contribution >= 4 is 26.8 Å². The Morgan fingerprint density at radius 2 is 1.88 bits per heavy atom. The first-order valence-corrected chi connectivity index (χ1v) is 9.54. The van der Waals surface area contributed by atoms with E-state index in [2.05, 4.69) is 57.0 Å². The number of halogens is 1. The zero-order valence-corrected chi connectivity index (χ0v) is 16.0. The molecule has 5 heteroatoms. The minimum Gasteiger partial charge on any atom is -0.326 e. The molecule has 3 heterocycles. The van der Waals surface area contributed by atoms with Crippen molar-refractivity contribution in [1.82, 2.24) is 19.5 Å². The van der Waals surface area contributed by atoms with Crippen LogP contribution in [0.1, 0.15) is 22.8 Å². The molecule has 0 saturated carbocycles. The van der Waals surface area contributed by atoms with E-state index >= 15 is 0 Å². The zero-order valence-electron chi connectivity index (χ0n) is 14.4. The Balaban J connectivity index is 1.41. The zero-order chi connectivity index (χ0) is 17.7. The number of aromatic nitrogens is 4. The van der Waals surface area contributed by atoms with E-state index in [0.29, 0.717) is 0 Å². The fourth-order valence-electron chi connectivity index (χ4n) is 3.67. The lowest BCUT2D eigenvalue weighted by Gasteiger charge is -2.06. The maximum atomic E-state index is 4.85. The van der Waals surface area contributed by atoms with Gasteiger partial charge in [0.1, 0.15) is 11.6 Å². The number of fused-ring (bicyclic) bond motifs is 4. The van der Waals surface area contributed by atoms with E-state index in [-0.39, 0.29) is 0 Å². The lowest BCUT2D eigenvalue weighted by atomic mass is 10.1. The predicted molar refractivity (Wildman–Crippen MR) is 106 cm³/mol. The summed E-state index contributed by atoms with van der Waals surface area (Å²) in [6.45, 7) is 2.96. The van der Waals surface area contributed by atoms with E-state index in [0.717, 1.165) is 57.8 Å². The Hall–Kier alpha value is -2.53. The second-order valence-corrected chi connectivity index (χ2v) is 7.56. The van der Waals surface area contributed by atoms with E-state index in [1.165, 1.54) is 11.1 Å². The molecule has 1 aliphatic heterocycles. The molecule has 0 N–H and O–H groups in total. The maximum Gasteiger partial charge on any atom is 0.140 e. The molecule has 0 fully saturated rings. The van der Waals surface area contributed by atoms with Gasteiger partial charge >= 0.3 is 0 Å². The van der Waals surface area contributed by atoms with Crippen LogP contribution in [0.15, 0.2) is 53.1 Å². The molecule has 0 spiro atoms. The molecule has 0 radical (unpaired) electrons. The van der Waals surface area contributed by atoms with Crippen LogP contribution in [-0.2, 0) is 19.4 Å². The van der Waals surface area contributed by atoms with Crippen molar-refractivity contribution < 1.29 is 0 Å². The minimum absolute atomic E-state index is 0.788. The lowest BCUT2D eigenvalue weighted by molar-refractivity contribution is 0.825. The minimum atomic E-state index is 0.788. The van der Waals surface area contributed by atoms with Crippen molar-refractivity contribution in [2.45, 2.75) is 26.3 Å². The first kappa shape index (κ1) is 15.7. The monoisotopic (exact) mass is 404 g/mol. The van der Waals surface area contributed by atoms with Gasteiger partial charge < -0.3 is 4.57 Å². The third-order valence-corrected chi connectivity index (χ3v) is 5.58. The van der Waals surface area contributed by atoms with Gasteiger partial charge in [-0.05, 0) is 40.9 Å². The summed E-state index contributed by atoms with van der Waals surface area (Å²) in [5.41, 5.74) is 5.70. The second-order valence-electron chi connectivity index (χ2n) is 6.70. The predicted octanol–water partition coefficient (Wildman–Crippen LogP) is 4.71. The third-order valence-electron chi connectivity index (χ3n) is 4.94. The fourth-order valence-corrected chi connectivity index (χ4v) is 4.12. The van der Waals surface area contributed by atoms with Crippen LogP contribution in [-0.4, -0.2) is 19.5 Å². The molecule has 26 heavy (non-hydrogen) atoms. The van der Waals surface area contributed by atoms with Crippen molar-refractivity contribution in [3.8, 4) is 11.4 Å². The topological polar surface area (TPSA) is 43.6 Å². The molecule has 2 aromatic heterocycles. The normalized spacial score (nSPS) is 12.4. The van der Waals surface area contributed by atoms with Crippen LogP contribution >= 0.6 is 15.9 Å². The molecule has 0 aliphatic carbocycles. The van der Waals surface area contributed by atoms with Crippen molar-refractivity contribution in [3.05, 3.63) is 75.9 Å². The van der Waals surface area contributed by atoms with Crippen LogP contribution in [0, 0.1) is 6.92 Å². The summed E-state index contributed by atoms with van der Waals surface area (Å²) in [5, 5.41) is 1.10. The third kappa shape index (κ3) is 2.54. The van der Waals surface area contributed by atoms with E-state index in [1.54, 1.807) is 0 Å². The first-order chi connectivity index (χ1) is 12.7. The summed E-state index contributed by atoms with van der Waals surface area (Å²) in [6.07, 6.45) is 3.80. The number of hydrogen-bond donors (Lipinski definition) is 0. The van der Waals surface area contributed by atoms with Crippen molar-refractivity contribution in [2.75, 3.05) is 0 Å². The standard InChI is InChI=1S/C21H17BrN4/c1-13-16-7-4-8-18(22)20(16)25-19(23-13)10-9-15-12-26-11-14-5-2-3-6-17(14)21(26)24-15/h2-8,12H,9-11H2,1H3. The molecular weight excluding hydrogens is 388 g/mol. The molecule has 4 nitrogen and oxygen atoms in total. The summed E-state index contributed by atoms with van der Waals surface area (Å²) >= 11 is 3.60. The Bertz CT molecular complexity index is 1150. The number of hydrogen-bond acceptors (Lipinski definition) is 3. The summed E-state index contributed by atoms with van der Waals surface area (Å²) < 4.78 is 3.25. The molecule has 5 rings (SSSR count). The molecule has 2 aromatic carbocycles. The summed E-state index contributed by atoms with van der Waals surface area (Å²) in [4.78, 5) is 14.3. The molecule has 0 bridgehead atoms. The van der Waals surface area contributed by atoms with E-state index in [4.69, 9.17) is 15.0 Å². The summed E-state index contributed by atoms with van der Waals surface area (Å²) in [5.74, 6) is 1.95. The van der Waals surface area contributed by atoms with Gasteiger partial charge in [0.05, 0.1) is 11.2 Å². The SMILES string of the molecule is Cc1nc(CCc2cn3c(n2)-c2ccccc2C3)nc2c(Br)cccc12. The first-order valence-electron chi connectivity index (χ1n) is 8.75. The van der Waals surface area contributed by atoms with E-state index < -0.39 is 0 Å². The number of benzene rings is 2. The Morgan fingerprint density at radius 3 is 2.81 bits per heavy atom. The highest BCUT2D eigenvalue weighted by atomic mass is 79.9. The molecule has 0 amide bonds. The highest BCUT2D eigenvalue weighted by Crippen LogP contribution is 2.31. The van der Waals surface area contributed by atoms with Crippen molar-refractivity contribution in [1.29, 1.82) is 0 Å². The Kier molecular flexibility index (Phi) is 3.64.